The quantitative estimate of drug-likeness (QED) is 0.420. The third kappa shape index (κ3) is 6.73. The maximum absolute atomic E-state index is 13.4. The number of hydrogen-bond acceptors (Lipinski definition) is 5. The molecule has 9 heteroatoms. The highest BCUT2D eigenvalue weighted by atomic mass is 19.1. The number of nitrogens with one attached hydrogen (secondary N) is 1. The van der Waals surface area contributed by atoms with Crippen molar-refractivity contribution >= 4 is 18.0 Å². The van der Waals surface area contributed by atoms with Crippen LogP contribution in [0.15, 0.2) is 30.3 Å². The van der Waals surface area contributed by atoms with E-state index in [4.69, 9.17) is 5.11 Å². The molecule has 0 radical (unpaired) electrons. The number of carbonyl (C=O) groups excluding carboxylic acids is 1. The van der Waals surface area contributed by atoms with E-state index in [1.807, 2.05) is 20.8 Å². The summed E-state index contributed by atoms with van der Waals surface area (Å²) < 4.78 is 14.9. The van der Waals surface area contributed by atoms with E-state index in [0.29, 0.717) is 23.5 Å². The zero-order valence-electron chi connectivity index (χ0n) is 18.5. The van der Waals surface area contributed by atoms with Crippen molar-refractivity contribution in [2.24, 2.45) is 0 Å². The minimum atomic E-state index is -1.20. The van der Waals surface area contributed by atoms with Crippen LogP contribution in [0.4, 0.5) is 4.39 Å². The Morgan fingerprint density at radius 1 is 1.22 bits per heavy atom. The molecule has 0 fully saturated rings. The predicted molar refractivity (Wildman–Crippen MR) is 118 cm³/mol. The smallest absolute Gasteiger partial charge is 0.305 e. The maximum Gasteiger partial charge on any atom is 0.305 e. The first-order valence-electron chi connectivity index (χ1n) is 10.6. The van der Waals surface area contributed by atoms with Gasteiger partial charge in [0.1, 0.15) is 5.82 Å². The van der Waals surface area contributed by atoms with Gasteiger partial charge in [0.25, 0.3) is 5.91 Å². The van der Waals surface area contributed by atoms with Crippen LogP contribution in [-0.4, -0.2) is 55.7 Å². The molecule has 1 amide bonds. The van der Waals surface area contributed by atoms with Crippen LogP contribution in [0.5, 0.6) is 0 Å². The van der Waals surface area contributed by atoms with E-state index in [2.05, 4.69) is 10.4 Å². The van der Waals surface area contributed by atoms with E-state index in [-0.39, 0.29) is 23.9 Å². The molecule has 0 aliphatic rings. The number of amides is 1. The fourth-order valence-corrected chi connectivity index (χ4v) is 3.29. The summed E-state index contributed by atoms with van der Waals surface area (Å²) in [6, 6.07) is 5.63. The first-order chi connectivity index (χ1) is 15.1. The molecule has 1 aromatic heterocycles. The first-order valence-corrected chi connectivity index (χ1v) is 10.6. The molecule has 174 valence electrons. The lowest BCUT2D eigenvalue weighted by molar-refractivity contribution is -0.139. The number of rotatable bonds is 11. The van der Waals surface area contributed by atoms with Gasteiger partial charge in [0.15, 0.2) is 5.69 Å². The average molecular weight is 448 g/mol. The van der Waals surface area contributed by atoms with Crippen molar-refractivity contribution in [2.45, 2.75) is 58.2 Å². The number of aromatic nitrogens is 2. The van der Waals surface area contributed by atoms with Crippen molar-refractivity contribution in [2.75, 3.05) is 6.54 Å². The third-order valence-corrected chi connectivity index (χ3v) is 4.76. The highest BCUT2D eigenvalue weighted by Gasteiger charge is 2.24. The van der Waals surface area contributed by atoms with Gasteiger partial charge in [-0.15, -0.1) is 0 Å². The highest BCUT2D eigenvalue weighted by Crippen LogP contribution is 2.28. The molecule has 0 aliphatic carbocycles. The van der Waals surface area contributed by atoms with Gasteiger partial charge in [-0.3, -0.25) is 9.59 Å². The minimum absolute atomic E-state index is 0.0963. The third-order valence-electron chi connectivity index (χ3n) is 4.76. The summed E-state index contributed by atoms with van der Waals surface area (Å²) in [5, 5.41) is 36.1. The summed E-state index contributed by atoms with van der Waals surface area (Å²) in [6.07, 6.45) is 0.819. The monoisotopic (exact) mass is 447 g/mol. The zero-order valence-corrected chi connectivity index (χ0v) is 18.5. The zero-order chi connectivity index (χ0) is 23.8. The normalized spacial score (nSPS) is 13.5. The summed E-state index contributed by atoms with van der Waals surface area (Å²) >= 11 is 0. The molecule has 2 atom stereocenters. The second-order valence-corrected chi connectivity index (χ2v) is 7.86. The van der Waals surface area contributed by atoms with Crippen LogP contribution < -0.4 is 5.32 Å². The summed E-state index contributed by atoms with van der Waals surface area (Å²) in [6.45, 7) is 6.25. The summed E-state index contributed by atoms with van der Waals surface area (Å²) in [7, 11) is 0. The number of aliphatic carboxylic acids is 1. The second-order valence-electron chi connectivity index (χ2n) is 7.86. The summed E-state index contributed by atoms with van der Waals surface area (Å²) in [5.74, 6) is -2.00. The van der Waals surface area contributed by atoms with E-state index < -0.39 is 30.4 Å². The van der Waals surface area contributed by atoms with E-state index in [0.717, 1.165) is 6.42 Å². The molecule has 2 rings (SSSR count). The Balaban J connectivity index is 2.49. The van der Waals surface area contributed by atoms with Crippen molar-refractivity contribution in [1.29, 1.82) is 0 Å². The van der Waals surface area contributed by atoms with Gasteiger partial charge in [0.2, 0.25) is 0 Å². The van der Waals surface area contributed by atoms with Crippen LogP contribution in [0, 0.1) is 5.82 Å². The molecule has 0 aliphatic heterocycles. The number of halogens is 1. The first kappa shape index (κ1) is 25.2. The Labute approximate surface area is 186 Å². The molecule has 32 heavy (non-hydrogen) atoms. The van der Waals surface area contributed by atoms with Crippen molar-refractivity contribution < 1.29 is 29.3 Å². The molecule has 1 heterocycles. The van der Waals surface area contributed by atoms with Crippen molar-refractivity contribution in [3.8, 4) is 5.69 Å². The lowest BCUT2D eigenvalue weighted by Gasteiger charge is -2.12. The van der Waals surface area contributed by atoms with Crippen LogP contribution in [0.1, 0.15) is 67.7 Å². The molecule has 8 nitrogen and oxygen atoms in total. The SMILES string of the molecule is CCCNC(=O)c1nn(-c2ccc(F)cc2)c(C=C[C@@H](O)C[C@@H](O)CC(=O)O)c1C(C)C. The molecule has 4 N–H and O–H groups in total. The molecule has 1 aromatic carbocycles. The van der Waals surface area contributed by atoms with Gasteiger partial charge < -0.3 is 20.6 Å². The Kier molecular flexibility index (Phi) is 9.10. The van der Waals surface area contributed by atoms with Gasteiger partial charge in [0.05, 0.1) is 30.0 Å². The number of nitrogens with zero attached hydrogens (tertiary/aromatic N) is 2. The van der Waals surface area contributed by atoms with E-state index in [9.17, 15) is 24.2 Å². The number of aliphatic hydroxyl groups excluding tert-OH is 2. The Hall–Kier alpha value is -3.04. The summed E-state index contributed by atoms with van der Waals surface area (Å²) in [5.41, 5.74) is 1.94. The fraction of sp³-hybridized carbons (Fsp3) is 0.435. The average Bonchev–Trinajstić information content (AvgIpc) is 3.10. The summed E-state index contributed by atoms with van der Waals surface area (Å²) in [4.78, 5) is 23.5. The lowest BCUT2D eigenvalue weighted by Crippen LogP contribution is -2.25. The molecule has 0 saturated heterocycles. The Morgan fingerprint density at radius 2 is 1.88 bits per heavy atom. The van der Waals surface area contributed by atoms with Gasteiger partial charge in [-0.1, -0.05) is 26.8 Å². The van der Waals surface area contributed by atoms with Crippen molar-refractivity contribution in [1.82, 2.24) is 15.1 Å². The van der Waals surface area contributed by atoms with E-state index in [1.165, 1.54) is 35.0 Å². The predicted octanol–water partition coefficient (Wildman–Crippen LogP) is 2.87. The standard InChI is InChI=1S/C23H30FN3O5/c1-4-11-25-23(32)22-21(14(2)3)19(10-9-17(28)12-18(29)13-20(30)31)27(26-22)16-7-5-15(24)6-8-16/h5-10,14,17-18,28-29H,4,11-13H2,1-3H3,(H,25,32)(H,30,31)/t17-,18-/m1/s1. The number of benzene rings is 1. The van der Waals surface area contributed by atoms with Crippen molar-refractivity contribution in [3.05, 3.63) is 53.1 Å². The van der Waals surface area contributed by atoms with Gasteiger partial charge in [0, 0.05) is 18.5 Å². The van der Waals surface area contributed by atoms with Crippen molar-refractivity contribution in [3.63, 3.8) is 0 Å². The fourth-order valence-electron chi connectivity index (χ4n) is 3.29. The number of aliphatic hydroxyl groups is 2. The van der Waals surface area contributed by atoms with Gasteiger partial charge >= 0.3 is 5.97 Å². The number of carboxylic acid groups (broad SMARTS) is 1. The molecule has 0 unspecified atom stereocenters. The largest absolute Gasteiger partial charge is 0.481 e. The molecule has 2 aromatic rings. The molecular weight excluding hydrogens is 417 g/mol. The highest BCUT2D eigenvalue weighted by molar-refractivity contribution is 5.95. The Bertz CT molecular complexity index is 953. The molecular formula is C23H30FN3O5. The second kappa shape index (κ2) is 11.5. The molecule has 0 saturated carbocycles. The van der Waals surface area contributed by atoms with Gasteiger partial charge in [-0.25, -0.2) is 9.07 Å². The van der Waals surface area contributed by atoms with Crippen LogP contribution in [-0.2, 0) is 4.79 Å². The molecule has 0 spiro atoms. The lowest BCUT2D eigenvalue weighted by atomic mass is 9.98. The maximum atomic E-state index is 13.4. The van der Waals surface area contributed by atoms with E-state index >= 15 is 0 Å². The number of hydrogen-bond donors (Lipinski definition) is 4. The van der Waals surface area contributed by atoms with Crippen LogP contribution in [0.3, 0.4) is 0 Å². The topological polar surface area (TPSA) is 125 Å². The Morgan fingerprint density at radius 3 is 2.44 bits per heavy atom. The van der Waals surface area contributed by atoms with E-state index in [1.54, 1.807) is 6.08 Å². The van der Waals surface area contributed by atoms with Crippen LogP contribution in [0.25, 0.3) is 11.8 Å². The minimum Gasteiger partial charge on any atom is -0.481 e. The van der Waals surface area contributed by atoms with Gasteiger partial charge in [-0.2, -0.15) is 5.10 Å². The van der Waals surface area contributed by atoms with Gasteiger partial charge in [-0.05, 0) is 42.7 Å². The van der Waals surface area contributed by atoms with Crippen LogP contribution >= 0.6 is 0 Å². The number of carboxylic acids is 1. The molecule has 0 bridgehead atoms. The van der Waals surface area contributed by atoms with Crippen LogP contribution in [0.2, 0.25) is 0 Å². The number of carbonyl (C=O) groups is 2.